The third kappa shape index (κ3) is 4.04. The fraction of sp³-hybridized carbons (Fsp3) is 0.250. The number of halogens is 1. The molecule has 1 aromatic heterocycles. The largest absolute Gasteiger partial charge is 0.385 e. The average Bonchev–Trinajstić information content (AvgIpc) is 2.47. The number of aromatic nitrogens is 1. The minimum Gasteiger partial charge on any atom is -0.385 e. The van der Waals surface area contributed by atoms with Crippen LogP contribution in [0.4, 0.5) is 11.5 Å². The Bertz CT molecular complexity index is 643. The second-order valence-corrected chi connectivity index (χ2v) is 5.60. The van der Waals surface area contributed by atoms with E-state index in [0.29, 0.717) is 11.4 Å². The van der Waals surface area contributed by atoms with Gasteiger partial charge in [-0.2, -0.15) is 0 Å². The first kappa shape index (κ1) is 15.5. The monoisotopic (exact) mass is 347 g/mol. The van der Waals surface area contributed by atoms with Crippen molar-refractivity contribution in [3.63, 3.8) is 0 Å². The predicted octanol–water partition coefficient (Wildman–Crippen LogP) is 4.23. The van der Waals surface area contributed by atoms with Gasteiger partial charge in [-0.3, -0.25) is 4.79 Å². The number of hydrogen-bond acceptors (Lipinski definition) is 3. The lowest BCUT2D eigenvalue weighted by atomic mass is 10.1. The average molecular weight is 348 g/mol. The van der Waals surface area contributed by atoms with Gasteiger partial charge in [0.1, 0.15) is 5.82 Å². The molecular weight excluding hydrogens is 330 g/mol. The molecule has 0 unspecified atom stereocenters. The van der Waals surface area contributed by atoms with Gasteiger partial charge in [-0.1, -0.05) is 6.92 Å². The van der Waals surface area contributed by atoms with Gasteiger partial charge in [0.05, 0.1) is 4.47 Å². The molecule has 0 radical (unpaired) electrons. The number of nitrogens with zero attached hydrogens (tertiary/aromatic N) is 1. The number of pyridine rings is 1. The number of carbonyl (C=O) groups is 1. The molecule has 0 aliphatic heterocycles. The number of carbonyl (C=O) groups excluding carboxylic acids is 1. The highest BCUT2D eigenvalue weighted by Crippen LogP contribution is 2.21. The molecule has 0 spiro atoms. The van der Waals surface area contributed by atoms with Gasteiger partial charge in [0.2, 0.25) is 0 Å². The summed E-state index contributed by atoms with van der Waals surface area (Å²) in [6.45, 7) is 4.97. The minimum atomic E-state index is -0.158. The topological polar surface area (TPSA) is 54.0 Å². The Morgan fingerprint density at radius 2 is 2.14 bits per heavy atom. The van der Waals surface area contributed by atoms with Crippen LogP contribution in [0.2, 0.25) is 0 Å². The van der Waals surface area contributed by atoms with E-state index >= 15 is 0 Å². The quantitative estimate of drug-likeness (QED) is 0.850. The smallest absolute Gasteiger partial charge is 0.257 e. The molecular formula is C16H18BrN3O. The van der Waals surface area contributed by atoms with Gasteiger partial charge in [0, 0.05) is 24.0 Å². The second-order valence-electron chi connectivity index (χ2n) is 4.74. The molecule has 0 fully saturated rings. The first-order chi connectivity index (χ1) is 10.1. The molecule has 2 aromatic rings. The van der Waals surface area contributed by atoms with Crippen molar-refractivity contribution in [3.8, 4) is 0 Å². The van der Waals surface area contributed by atoms with Crippen molar-refractivity contribution in [2.24, 2.45) is 0 Å². The van der Waals surface area contributed by atoms with Gasteiger partial charge >= 0.3 is 0 Å². The number of hydrogen-bond donors (Lipinski definition) is 2. The molecule has 0 aliphatic carbocycles. The highest BCUT2D eigenvalue weighted by molar-refractivity contribution is 9.10. The van der Waals surface area contributed by atoms with Crippen molar-refractivity contribution in [2.75, 3.05) is 17.2 Å². The number of anilines is 2. The Balaban J connectivity index is 2.14. The lowest BCUT2D eigenvalue weighted by Gasteiger charge is -2.11. The third-order valence-electron chi connectivity index (χ3n) is 3.04. The molecule has 0 saturated carbocycles. The lowest BCUT2D eigenvalue weighted by molar-refractivity contribution is 0.102. The highest BCUT2D eigenvalue weighted by Gasteiger charge is 2.11. The number of benzene rings is 1. The Labute approximate surface area is 133 Å². The molecule has 2 N–H and O–H groups in total. The summed E-state index contributed by atoms with van der Waals surface area (Å²) in [6.07, 6.45) is 2.71. The Morgan fingerprint density at radius 1 is 1.33 bits per heavy atom. The van der Waals surface area contributed by atoms with Gasteiger partial charge in [-0.05, 0) is 65.2 Å². The number of nitrogens with one attached hydrogen (secondary N) is 2. The number of amides is 1. The van der Waals surface area contributed by atoms with Crippen LogP contribution in [0.5, 0.6) is 0 Å². The molecule has 0 aliphatic rings. The van der Waals surface area contributed by atoms with Gasteiger partial charge in [0.25, 0.3) is 5.91 Å². The first-order valence-electron chi connectivity index (χ1n) is 6.88. The van der Waals surface area contributed by atoms with E-state index in [-0.39, 0.29) is 5.91 Å². The molecule has 21 heavy (non-hydrogen) atoms. The van der Waals surface area contributed by atoms with E-state index < -0.39 is 0 Å². The summed E-state index contributed by atoms with van der Waals surface area (Å²) in [5.74, 6) is 0.365. The fourth-order valence-corrected chi connectivity index (χ4v) is 2.30. The highest BCUT2D eigenvalue weighted by atomic mass is 79.9. The van der Waals surface area contributed by atoms with Gasteiger partial charge in [0.15, 0.2) is 0 Å². The van der Waals surface area contributed by atoms with E-state index in [1.54, 1.807) is 12.3 Å². The van der Waals surface area contributed by atoms with Crippen LogP contribution in [0.1, 0.15) is 29.3 Å². The summed E-state index contributed by atoms with van der Waals surface area (Å²) in [7, 11) is 0. The second kappa shape index (κ2) is 7.22. The van der Waals surface area contributed by atoms with Crippen LogP contribution in [-0.4, -0.2) is 17.4 Å². The molecule has 1 aromatic carbocycles. The maximum atomic E-state index is 12.3. The van der Waals surface area contributed by atoms with Crippen molar-refractivity contribution in [2.45, 2.75) is 20.3 Å². The van der Waals surface area contributed by atoms with E-state index in [1.165, 1.54) is 0 Å². The number of rotatable bonds is 5. The zero-order valence-corrected chi connectivity index (χ0v) is 13.7. The van der Waals surface area contributed by atoms with Crippen LogP contribution in [0.15, 0.2) is 41.0 Å². The molecule has 1 amide bonds. The summed E-state index contributed by atoms with van der Waals surface area (Å²) < 4.78 is 0.761. The van der Waals surface area contributed by atoms with Crippen molar-refractivity contribution in [1.82, 2.24) is 4.98 Å². The predicted molar refractivity (Wildman–Crippen MR) is 89.8 cm³/mol. The molecule has 0 atom stereocenters. The zero-order valence-electron chi connectivity index (χ0n) is 12.1. The zero-order chi connectivity index (χ0) is 15.2. The van der Waals surface area contributed by atoms with E-state index in [2.05, 4.69) is 38.5 Å². The molecule has 5 heteroatoms. The van der Waals surface area contributed by atoms with E-state index in [1.807, 2.05) is 31.2 Å². The summed E-state index contributed by atoms with van der Waals surface area (Å²) in [6, 6.07) is 9.38. The van der Waals surface area contributed by atoms with E-state index in [0.717, 1.165) is 28.7 Å². The van der Waals surface area contributed by atoms with Crippen LogP contribution in [0.25, 0.3) is 0 Å². The van der Waals surface area contributed by atoms with Crippen LogP contribution >= 0.6 is 15.9 Å². The van der Waals surface area contributed by atoms with Crippen molar-refractivity contribution >= 4 is 33.3 Å². The number of aryl methyl sites for hydroxylation is 1. The third-order valence-corrected chi connectivity index (χ3v) is 3.68. The SMILES string of the molecule is CCCNc1ccc(C(=O)Nc2ncccc2Br)c(C)c1. The van der Waals surface area contributed by atoms with Crippen molar-refractivity contribution < 1.29 is 4.79 Å². The normalized spacial score (nSPS) is 10.2. The molecule has 110 valence electrons. The van der Waals surface area contributed by atoms with Gasteiger partial charge < -0.3 is 10.6 Å². The van der Waals surface area contributed by atoms with Crippen LogP contribution < -0.4 is 10.6 Å². The Morgan fingerprint density at radius 3 is 2.81 bits per heavy atom. The van der Waals surface area contributed by atoms with Gasteiger partial charge in [-0.15, -0.1) is 0 Å². The summed E-state index contributed by atoms with van der Waals surface area (Å²) >= 11 is 3.37. The molecule has 4 nitrogen and oxygen atoms in total. The maximum absolute atomic E-state index is 12.3. The summed E-state index contributed by atoms with van der Waals surface area (Å²) in [4.78, 5) is 16.5. The van der Waals surface area contributed by atoms with Crippen LogP contribution in [0.3, 0.4) is 0 Å². The van der Waals surface area contributed by atoms with E-state index in [4.69, 9.17) is 0 Å². The molecule has 1 heterocycles. The van der Waals surface area contributed by atoms with Gasteiger partial charge in [-0.25, -0.2) is 4.98 Å². The Hall–Kier alpha value is -1.88. The first-order valence-corrected chi connectivity index (χ1v) is 7.67. The molecule has 0 saturated heterocycles. The van der Waals surface area contributed by atoms with Crippen molar-refractivity contribution in [3.05, 3.63) is 52.1 Å². The van der Waals surface area contributed by atoms with Crippen molar-refractivity contribution in [1.29, 1.82) is 0 Å². The summed E-state index contributed by atoms with van der Waals surface area (Å²) in [5.41, 5.74) is 2.61. The van der Waals surface area contributed by atoms with Crippen LogP contribution in [0, 0.1) is 6.92 Å². The standard InChI is InChI=1S/C16H18BrN3O/c1-3-8-18-12-6-7-13(11(2)10-12)16(21)20-15-14(17)5-4-9-19-15/h4-7,9-10,18H,3,8H2,1-2H3,(H,19,20,21). The maximum Gasteiger partial charge on any atom is 0.257 e. The van der Waals surface area contributed by atoms with E-state index in [9.17, 15) is 4.79 Å². The van der Waals surface area contributed by atoms with Crippen LogP contribution in [-0.2, 0) is 0 Å². The lowest BCUT2D eigenvalue weighted by Crippen LogP contribution is -2.15. The molecule has 2 rings (SSSR count). The minimum absolute atomic E-state index is 0.158. The fourth-order valence-electron chi connectivity index (χ4n) is 1.95. The Kier molecular flexibility index (Phi) is 5.33. The molecule has 0 bridgehead atoms. The summed E-state index contributed by atoms with van der Waals surface area (Å²) in [5, 5.41) is 6.12.